The lowest BCUT2D eigenvalue weighted by atomic mass is 10.1. The van der Waals surface area contributed by atoms with Crippen molar-refractivity contribution in [2.45, 2.75) is 12.8 Å². The molecule has 0 aliphatic rings. The topological polar surface area (TPSA) is 107 Å². The highest BCUT2D eigenvalue weighted by Gasteiger charge is 2.10. The number of rotatable bonds is 4. The van der Waals surface area contributed by atoms with Gasteiger partial charge in [0, 0.05) is 23.5 Å². The van der Waals surface area contributed by atoms with Gasteiger partial charge in [0.25, 0.3) is 0 Å². The van der Waals surface area contributed by atoms with E-state index in [4.69, 9.17) is 10.2 Å². The van der Waals surface area contributed by atoms with Crippen LogP contribution >= 0.6 is 0 Å². The van der Waals surface area contributed by atoms with E-state index in [1.165, 1.54) is 12.4 Å². The van der Waals surface area contributed by atoms with Gasteiger partial charge < -0.3 is 15.2 Å². The van der Waals surface area contributed by atoms with Crippen LogP contribution < -0.4 is 5.43 Å². The molecule has 3 N–H and O–H groups in total. The summed E-state index contributed by atoms with van der Waals surface area (Å²) in [7, 11) is 0. The molecule has 1 rings (SSSR count). The molecule has 0 saturated heterocycles. The smallest absolute Gasteiger partial charge is 0.308 e. The second-order valence-corrected chi connectivity index (χ2v) is 2.98. The third-order valence-electron chi connectivity index (χ3n) is 1.78. The van der Waals surface area contributed by atoms with Crippen LogP contribution in [0.15, 0.2) is 17.2 Å². The lowest BCUT2D eigenvalue weighted by Crippen LogP contribution is -2.20. The standard InChI is InChI=1S/C9H9NO5/c11-7(12)1-5-3-10-4-6(9(5)15)2-8(13)14/h3-4H,1-2H2,(H,10,15)(H,11,12)(H,13,14). The Kier molecular flexibility index (Phi) is 3.22. The van der Waals surface area contributed by atoms with Crippen LogP contribution in [0.2, 0.25) is 0 Å². The SMILES string of the molecule is O=C(O)Cc1c[nH]cc(CC(=O)O)c1=O. The summed E-state index contributed by atoms with van der Waals surface area (Å²) in [6.07, 6.45) is 1.70. The van der Waals surface area contributed by atoms with Gasteiger partial charge in [-0.25, -0.2) is 0 Å². The zero-order valence-electron chi connectivity index (χ0n) is 7.69. The lowest BCUT2D eigenvalue weighted by Gasteiger charge is -1.99. The first-order valence-electron chi connectivity index (χ1n) is 4.13. The lowest BCUT2D eigenvalue weighted by molar-refractivity contribution is -0.137. The molecule has 0 bridgehead atoms. The number of aromatic amines is 1. The molecule has 6 nitrogen and oxygen atoms in total. The highest BCUT2D eigenvalue weighted by molar-refractivity contribution is 5.71. The number of H-pyrrole nitrogens is 1. The number of carboxylic acid groups (broad SMARTS) is 2. The van der Waals surface area contributed by atoms with E-state index >= 15 is 0 Å². The summed E-state index contributed by atoms with van der Waals surface area (Å²) in [5.74, 6) is -2.26. The van der Waals surface area contributed by atoms with Crippen molar-refractivity contribution in [1.29, 1.82) is 0 Å². The fourth-order valence-electron chi connectivity index (χ4n) is 1.17. The van der Waals surface area contributed by atoms with Crippen LogP contribution in [0.4, 0.5) is 0 Å². The molecule has 0 aliphatic carbocycles. The Labute approximate surface area is 84.2 Å². The van der Waals surface area contributed by atoms with Gasteiger partial charge in [-0.05, 0) is 0 Å². The number of hydrogen-bond donors (Lipinski definition) is 3. The van der Waals surface area contributed by atoms with E-state index < -0.39 is 30.2 Å². The second kappa shape index (κ2) is 4.41. The molecule has 0 radical (unpaired) electrons. The van der Waals surface area contributed by atoms with Gasteiger partial charge in [0.15, 0.2) is 5.43 Å². The molecule has 0 fully saturated rings. The van der Waals surface area contributed by atoms with Crippen molar-refractivity contribution in [3.8, 4) is 0 Å². The first-order valence-corrected chi connectivity index (χ1v) is 4.13. The molecule has 0 atom stereocenters. The summed E-state index contributed by atoms with van der Waals surface area (Å²) < 4.78 is 0. The number of hydrogen-bond acceptors (Lipinski definition) is 3. The monoisotopic (exact) mass is 211 g/mol. The minimum absolute atomic E-state index is 0.0567. The largest absolute Gasteiger partial charge is 0.481 e. The van der Waals surface area contributed by atoms with Gasteiger partial charge in [-0.2, -0.15) is 0 Å². The summed E-state index contributed by atoms with van der Waals surface area (Å²) in [5, 5.41) is 17.0. The van der Waals surface area contributed by atoms with Gasteiger partial charge in [-0.15, -0.1) is 0 Å². The molecule has 0 aromatic carbocycles. The molecule has 1 aromatic heterocycles. The van der Waals surface area contributed by atoms with Crippen molar-refractivity contribution in [3.05, 3.63) is 33.7 Å². The average molecular weight is 211 g/mol. The van der Waals surface area contributed by atoms with Gasteiger partial charge in [0.05, 0.1) is 12.8 Å². The highest BCUT2D eigenvalue weighted by Crippen LogP contribution is 1.96. The van der Waals surface area contributed by atoms with Crippen molar-refractivity contribution in [1.82, 2.24) is 4.98 Å². The van der Waals surface area contributed by atoms with E-state index in [2.05, 4.69) is 4.98 Å². The Hall–Kier alpha value is -2.11. The Morgan fingerprint density at radius 2 is 1.47 bits per heavy atom. The third kappa shape index (κ3) is 2.94. The third-order valence-corrected chi connectivity index (χ3v) is 1.78. The van der Waals surface area contributed by atoms with Crippen LogP contribution in [0, 0.1) is 0 Å². The molecule has 6 heteroatoms. The predicted octanol–water partition coefficient (Wildman–Crippen LogP) is -0.371. The molecule has 80 valence electrons. The molecule has 0 spiro atoms. The maximum Gasteiger partial charge on any atom is 0.308 e. The minimum Gasteiger partial charge on any atom is -0.481 e. The van der Waals surface area contributed by atoms with Crippen LogP contribution in [0.5, 0.6) is 0 Å². The van der Waals surface area contributed by atoms with Gasteiger partial charge in [0.1, 0.15) is 0 Å². The van der Waals surface area contributed by atoms with E-state index in [1.54, 1.807) is 0 Å². The quantitative estimate of drug-likeness (QED) is 0.629. The van der Waals surface area contributed by atoms with Crippen LogP contribution in [-0.2, 0) is 22.4 Å². The first-order chi connectivity index (χ1) is 7.00. The molecule has 0 amide bonds. The van der Waals surface area contributed by atoms with E-state index in [1.807, 2.05) is 0 Å². The predicted molar refractivity (Wildman–Crippen MR) is 49.7 cm³/mol. The Morgan fingerprint density at radius 3 is 1.80 bits per heavy atom. The molecular formula is C9H9NO5. The van der Waals surface area contributed by atoms with Crippen LogP contribution in [0.25, 0.3) is 0 Å². The molecular weight excluding hydrogens is 202 g/mol. The number of nitrogens with one attached hydrogen (secondary N) is 1. The van der Waals surface area contributed by atoms with Crippen molar-refractivity contribution in [2.75, 3.05) is 0 Å². The summed E-state index contributed by atoms with van der Waals surface area (Å²) in [4.78, 5) is 34.8. The van der Waals surface area contributed by atoms with E-state index in [-0.39, 0.29) is 11.1 Å². The van der Waals surface area contributed by atoms with Crippen molar-refractivity contribution in [3.63, 3.8) is 0 Å². The number of pyridine rings is 1. The summed E-state index contributed by atoms with van der Waals surface area (Å²) in [5.41, 5.74) is -0.416. The summed E-state index contributed by atoms with van der Waals surface area (Å²) >= 11 is 0. The normalized spacial score (nSPS) is 9.87. The van der Waals surface area contributed by atoms with Gasteiger partial charge in [-0.3, -0.25) is 14.4 Å². The molecule has 15 heavy (non-hydrogen) atoms. The van der Waals surface area contributed by atoms with E-state index in [0.29, 0.717) is 0 Å². The Morgan fingerprint density at radius 1 is 1.07 bits per heavy atom. The molecule has 0 aliphatic heterocycles. The maximum absolute atomic E-state index is 11.5. The number of aromatic nitrogens is 1. The van der Waals surface area contributed by atoms with E-state index in [9.17, 15) is 14.4 Å². The Balaban J connectivity index is 3.06. The van der Waals surface area contributed by atoms with Crippen LogP contribution in [0.3, 0.4) is 0 Å². The molecule has 1 aromatic rings. The summed E-state index contributed by atoms with van der Waals surface area (Å²) in [6, 6.07) is 0. The molecule has 0 unspecified atom stereocenters. The average Bonchev–Trinajstić information content (AvgIpc) is 2.10. The number of aliphatic carboxylic acids is 2. The van der Waals surface area contributed by atoms with Gasteiger partial charge in [-0.1, -0.05) is 0 Å². The van der Waals surface area contributed by atoms with Crippen molar-refractivity contribution >= 4 is 11.9 Å². The molecule has 0 saturated carbocycles. The fourth-order valence-corrected chi connectivity index (χ4v) is 1.17. The zero-order chi connectivity index (χ0) is 11.4. The molecule has 1 heterocycles. The minimum atomic E-state index is -1.13. The summed E-state index contributed by atoms with van der Waals surface area (Å²) in [6.45, 7) is 0. The number of carboxylic acids is 2. The van der Waals surface area contributed by atoms with Crippen molar-refractivity contribution in [2.24, 2.45) is 0 Å². The van der Waals surface area contributed by atoms with Gasteiger partial charge in [0.2, 0.25) is 0 Å². The fraction of sp³-hybridized carbons (Fsp3) is 0.222. The zero-order valence-corrected chi connectivity index (χ0v) is 7.69. The van der Waals surface area contributed by atoms with Crippen LogP contribution in [-0.4, -0.2) is 27.1 Å². The van der Waals surface area contributed by atoms with Crippen LogP contribution in [0.1, 0.15) is 11.1 Å². The van der Waals surface area contributed by atoms with Crippen molar-refractivity contribution < 1.29 is 19.8 Å². The van der Waals surface area contributed by atoms with Gasteiger partial charge >= 0.3 is 11.9 Å². The van der Waals surface area contributed by atoms with E-state index in [0.717, 1.165) is 0 Å². The first kappa shape index (κ1) is 11.0. The maximum atomic E-state index is 11.5. The second-order valence-electron chi connectivity index (χ2n) is 2.98. The highest BCUT2D eigenvalue weighted by atomic mass is 16.4. The number of carbonyl (C=O) groups is 2. The Bertz CT molecular complexity index is 411.